The standard InChI is InChI=1S/C20H15N3O3S/c24-15-10-17(26-16-5-2-1-4-12(15)16)20(25)23-8-7-14-13(11-23)19(22-21-14)18-6-3-9-27-18/h1-6,9-10H,7-8,11H2,(H,21,22). The van der Waals surface area contributed by atoms with Gasteiger partial charge in [0.15, 0.2) is 11.2 Å². The van der Waals surface area contributed by atoms with E-state index in [2.05, 4.69) is 10.2 Å². The number of aromatic nitrogens is 2. The Hall–Kier alpha value is -3.19. The highest BCUT2D eigenvalue weighted by Gasteiger charge is 2.28. The van der Waals surface area contributed by atoms with E-state index in [1.807, 2.05) is 17.5 Å². The van der Waals surface area contributed by atoms with Crippen molar-refractivity contribution in [3.05, 3.63) is 75.1 Å². The average molecular weight is 377 g/mol. The summed E-state index contributed by atoms with van der Waals surface area (Å²) in [5.41, 5.74) is 3.19. The van der Waals surface area contributed by atoms with E-state index in [4.69, 9.17) is 4.42 Å². The third-order valence-electron chi connectivity index (χ3n) is 4.82. The van der Waals surface area contributed by atoms with Crippen molar-refractivity contribution < 1.29 is 9.21 Å². The van der Waals surface area contributed by atoms with Crippen LogP contribution in [0.5, 0.6) is 0 Å². The molecule has 5 rings (SSSR count). The zero-order valence-corrected chi connectivity index (χ0v) is 15.1. The Labute approximate surface area is 158 Å². The quantitative estimate of drug-likeness (QED) is 0.580. The van der Waals surface area contributed by atoms with Crippen LogP contribution in [0.2, 0.25) is 0 Å². The average Bonchev–Trinajstić information content (AvgIpc) is 3.36. The third-order valence-corrected chi connectivity index (χ3v) is 5.70. The molecule has 1 aliphatic rings. The number of rotatable bonds is 2. The van der Waals surface area contributed by atoms with E-state index in [9.17, 15) is 9.59 Å². The number of aromatic amines is 1. The van der Waals surface area contributed by atoms with Gasteiger partial charge in [-0.2, -0.15) is 5.10 Å². The van der Waals surface area contributed by atoms with E-state index in [-0.39, 0.29) is 17.1 Å². The number of thiophene rings is 1. The minimum absolute atomic E-state index is 0.0725. The van der Waals surface area contributed by atoms with Crippen molar-refractivity contribution in [2.45, 2.75) is 13.0 Å². The maximum atomic E-state index is 13.0. The molecule has 3 aromatic heterocycles. The second-order valence-corrected chi connectivity index (χ2v) is 7.40. The van der Waals surface area contributed by atoms with E-state index in [0.29, 0.717) is 30.5 Å². The van der Waals surface area contributed by atoms with Crippen molar-refractivity contribution >= 4 is 28.2 Å². The van der Waals surface area contributed by atoms with Gasteiger partial charge in [0.05, 0.1) is 16.8 Å². The predicted molar refractivity (Wildman–Crippen MR) is 103 cm³/mol. The van der Waals surface area contributed by atoms with Crippen LogP contribution in [0.4, 0.5) is 0 Å². The Morgan fingerprint density at radius 3 is 2.96 bits per heavy atom. The Morgan fingerprint density at radius 2 is 2.11 bits per heavy atom. The summed E-state index contributed by atoms with van der Waals surface area (Å²) in [4.78, 5) is 28.1. The summed E-state index contributed by atoms with van der Waals surface area (Å²) in [6.45, 7) is 0.989. The molecule has 4 aromatic rings. The summed E-state index contributed by atoms with van der Waals surface area (Å²) in [6, 6.07) is 12.2. The first kappa shape index (κ1) is 16.0. The van der Waals surface area contributed by atoms with Crippen LogP contribution in [-0.2, 0) is 13.0 Å². The second-order valence-electron chi connectivity index (χ2n) is 6.45. The highest BCUT2D eigenvalue weighted by molar-refractivity contribution is 7.13. The normalized spacial score (nSPS) is 13.7. The molecule has 27 heavy (non-hydrogen) atoms. The van der Waals surface area contributed by atoms with E-state index in [0.717, 1.165) is 21.8 Å². The highest BCUT2D eigenvalue weighted by atomic mass is 32.1. The molecule has 0 radical (unpaired) electrons. The second kappa shape index (κ2) is 6.21. The number of hydrogen-bond acceptors (Lipinski definition) is 5. The summed E-state index contributed by atoms with van der Waals surface area (Å²) in [5.74, 6) is -0.204. The number of carbonyl (C=O) groups is 1. The monoisotopic (exact) mass is 377 g/mol. The lowest BCUT2D eigenvalue weighted by Crippen LogP contribution is -2.36. The third kappa shape index (κ3) is 2.67. The first-order valence-corrected chi connectivity index (χ1v) is 9.51. The van der Waals surface area contributed by atoms with Gasteiger partial charge in [-0.05, 0) is 23.6 Å². The lowest BCUT2D eigenvalue weighted by Gasteiger charge is -2.26. The molecule has 0 spiro atoms. The van der Waals surface area contributed by atoms with Gasteiger partial charge in [-0.25, -0.2) is 0 Å². The summed E-state index contributed by atoms with van der Waals surface area (Å²) in [6.07, 6.45) is 0.692. The zero-order valence-electron chi connectivity index (χ0n) is 14.3. The molecule has 1 amide bonds. The summed E-state index contributed by atoms with van der Waals surface area (Å²) in [5, 5.41) is 10.0. The number of carbonyl (C=O) groups excluding carboxylic acids is 1. The van der Waals surface area contributed by atoms with E-state index < -0.39 is 0 Å². The molecule has 0 aliphatic carbocycles. The summed E-state index contributed by atoms with van der Waals surface area (Å²) >= 11 is 1.62. The SMILES string of the molecule is O=C(c1cc(=O)c2ccccc2o1)N1CCc2[nH]nc(-c3cccs3)c2C1. The van der Waals surface area contributed by atoms with E-state index >= 15 is 0 Å². The van der Waals surface area contributed by atoms with Crippen LogP contribution in [0.25, 0.3) is 21.5 Å². The number of H-pyrrole nitrogens is 1. The number of para-hydroxylation sites is 1. The van der Waals surface area contributed by atoms with Crippen molar-refractivity contribution in [2.24, 2.45) is 0 Å². The number of nitrogens with zero attached hydrogens (tertiary/aromatic N) is 2. The number of benzene rings is 1. The molecule has 0 atom stereocenters. The fourth-order valence-corrected chi connectivity index (χ4v) is 4.19. The Balaban J connectivity index is 1.49. The van der Waals surface area contributed by atoms with E-state index in [1.165, 1.54) is 6.07 Å². The molecular formula is C20H15N3O3S. The Kier molecular flexibility index (Phi) is 3.68. The number of nitrogens with one attached hydrogen (secondary N) is 1. The molecule has 0 unspecified atom stereocenters. The fraction of sp³-hybridized carbons (Fsp3) is 0.150. The van der Waals surface area contributed by atoms with Gasteiger partial charge in [0.2, 0.25) is 0 Å². The van der Waals surface area contributed by atoms with Crippen LogP contribution < -0.4 is 5.43 Å². The first-order valence-electron chi connectivity index (χ1n) is 8.63. The van der Waals surface area contributed by atoms with Crippen molar-refractivity contribution in [2.75, 3.05) is 6.54 Å². The van der Waals surface area contributed by atoms with Crippen molar-refractivity contribution in [1.29, 1.82) is 0 Å². The number of amides is 1. The van der Waals surface area contributed by atoms with Gasteiger partial charge in [0.1, 0.15) is 11.3 Å². The maximum Gasteiger partial charge on any atom is 0.290 e. The van der Waals surface area contributed by atoms with Gasteiger partial charge in [-0.15, -0.1) is 11.3 Å². The van der Waals surface area contributed by atoms with Crippen LogP contribution in [0.3, 0.4) is 0 Å². The lowest BCUT2D eigenvalue weighted by molar-refractivity contribution is 0.0703. The molecule has 1 N–H and O–H groups in total. The van der Waals surface area contributed by atoms with Gasteiger partial charge in [0.25, 0.3) is 5.91 Å². The van der Waals surface area contributed by atoms with Crippen LogP contribution in [-0.4, -0.2) is 27.5 Å². The van der Waals surface area contributed by atoms with Gasteiger partial charge < -0.3 is 9.32 Å². The summed E-state index contributed by atoms with van der Waals surface area (Å²) in [7, 11) is 0. The molecule has 4 heterocycles. The maximum absolute atomic E-state index is 13.0. The molecule has 6 nitrogen and oxygen atoms in total. The number of fused-ring (bicyclic) bond motifs is 2. The van der Waals surface area contributed by atoms with Crippen LogP contribution >= 0.6 is 11.3 Å². The van der Waals surface area contributed by atoms with Gasteiger partial charge in [0, 0.05) is 30.3 Å². The molecule has 1 aliphatic heterocycles. The van der Waals surface area contributed by atoms with E-state index in [1.54, 1.807) is 40.5 Å². The van der Waals surface area contributed by atoms with Crippen LogP contribution in [0.15, 0.2) is 57.1 Å². The molecule has 1 aromatic carbocycles. The Bertz CT molecular complexity index is 1210. The molecule has 0 bridgehead atoms. The number of hydrogen-bond donors (Lipinski definition) is 1. The molecule has 7 heteroatoms. The first-order chi connectivity index (χ1) is 13.2. The fourth-order valence-electron chi connectivity index (χ4n) is 3.45. The summed E-state index contributed by atoms with van der Waals surface area (Å²) < 4.78 is 5.72. The minimum Gasteiger partial charge on any atom is -0.451 e. The van der Waals surface area contributed by atoms with Gasteiger partial charge >= 0.3 is 0 Å². The molecule has 0 saturated carbocycles. The van der Waals surface area contributed by atoms with Crippen LogP contribution in [0, 0.1) is 0 Å². The van der Waals surface area contributed by atoms with Crippen LogP contribution in [0.1, 0.15) is 21.8 Å². The van der Waals surface area contributed by atoms with Gasteiger partial charge in [-0.3, -0.25) is 14.7 Å². The smallest absolute Gasteiger partial charge is 0.290 e. The van der Waals surface area contributed by atoms with Crippen molar-refractivity contribution in [3.63, 3.8) is 0 Å². The zero-order chi connectivity index (χ0) is 18.4. The topological polar surface area (TPSA) is 79.2 Å². The molecule has 0 saturated heterocycles. The lowest BCUT2D eigenvalue weighted by atomic mass is 10.0. The van der Waals surface area contributed by atoms with Crippen molar-refractivity contribution in [3.8, 4) is 10.6 Å². The molecule has 134 valence electrons. The van der Waals surface area contributed by atoms with Crippen molar-refractivity contribution in [1.82, 2.24) is 15.1 Å². The van der Waals surface area contributed by atoms with Gasteiger partial charge in [-0.1, -0.05) is 18.2 Å². The minimum atomic E-state index is -0.276. The predicted octanol–water partition coefficient (Wildman–Crippen LogP) is 3.44. The molecular weight excluding hydrogens is 362 g/mol. The highest BCUT2D eigenvalue weighted by Crippen LogP contribution is 2.31. The Morgan fingerprint density at radius 1 is 1.22 bits per heavy atom. The largest absolute Gasteiger partial charge is 0.451 e. The molecule has 0 fully saturated rings.